The number of fused-ring (bicyclic) bond motifs is 1. The molecule has 0 aliphatic carbocycles. The molecular formula is C20H19FN4O2S. The molecule has 0 aliphatic heterocycles. The van der Waals surface area contributed by atoms with E-state index in [1.807, 2.05) is 31.2 Å². The van der Waals surface area contributed by atoms with Crippen LogP contribution < -0.4 is 10.1 Å². The van der Waals surface area contributed by atoms with Crippen LogP contribution >= 0.6 is 11.3 Å². The van der Waals surface area contributed by atoms with Gasteiger partial charge in [0, 0.05) is 12.1 Å². The lowest BCUT2D eigenvalue weighted by Gasteiger charge is -2.12. The first-order chi connectivity index (χ1) is 13.6. The van der Waals surface area contributed by atoms with Gasteiger partial charge in [-0.3, -0.25) is 0 Å². The molecule has 8 heteroatoms. The van der Waals surface area contributed by atoms with E-state index in [0.717, 1.165) is 22.6 Å². The van der Waals surface area contributed by atoms with E-state index in [1.165, 1.54) is 23.5 Å². The quantitative estimate of drug-likeness (QED) is 0.496. The molecule has 0 spiro atoms. The highest BCUT2D eigenvalue weighted by atomic mass is 32.1. The first-order valence-electron chi connectivity index (χ1n) is 8.80. The second kappa shape index (κ2) is 7.95. The topological polar surface area (TPSA) is 71.7 Å². The fourth-order valence-corrected chi connectivity index (χ4v) is 3.48. The van der Waals surface area contributed by atoms with Gasteiger partial charge in [-0.2, -0.15) is 0 Å². The number of rotatable bonds is 7. The highest BCUT2D eigenvalue weighted by Gasteiger charge is 2.11. The summed E-state index contributed by atoms with van der Waals surface area (Å²) in [6, 6.07) is 13.9. The van der Waals surface area contributed by atoms with E-state index in [0.29, 0.717) is 16.6 Å². The summed E-state index contributed by atoms with van der Waals surface area (Å²) >= 11 is 1.38. The molecule has 0 saturated heterocycles. The molecule has 0 amide bonds. The maximum atomic E-state index is 13.0. The zero-order chi connectivity index (χ0) is 19.5. The lowest BCUT2D eigenvalue weighted by atomic mass is 10.2. The van der Waals surface area contributed by atoms with Gasteiger partial charge in [-0.15, -0.1) is 5.10 Å². The fourth-order valence-electron chi connectivity index (χ4n) is 2.69. The number of benzene rings is 2. The third-order valence-electron chi connectivity index (χ3n) is 4.10. The molecular weight excluding hydrogens is 379 g/mol. The zero-order valence-corrected chi connectivity index (χ0v) is 16.0. The second-order valence-electron chi connectivity index (χ2n) is 6.43. The van der Waals surface area contributed by atoms with E-state index in [4.69, 9.17) is 4.74 Å². The predicted octanol–water partition coefficient (Wildman–Crippen LogP) is 3.76. The Labute approximate surface area is 165 Å². The standard InChI is InChI=1S/C20H19FN4O2S/c1-13-3-2-4-17(9-13)27-12-16(26)10-22-19-24-25-11-18(23-20(25)28-19)14-5-7-15(21)8-6-14/h2-9,11,16,26H,10,12H2,1H3,(H,22,24). The number of aryl methyl sites for hydroxylation is 1. The van der Waals surface area contributed by atoms with Crippen molar-refractivity contribution < 1.29 is 14.2 Å². The number of hydrogen-bond acceptors (Lipinski definition) is 6. The van der Waals surface area contributed by atoms with Crippen LogP contribution in [0.2, 0.25) is 0 Å². The molecule has 28 heavy (non-hydrogen) atoms. The van der Waals surface area contributed by atoms with Crippen LogP contribution in [0, 0.1) is 12.7 Å². The normalized spacial score (nSPS) is 12.2. The van der Waals surface area contributed by atoms with Crippen LogP contribution in [0.4, 0.5) is 9.52 Å². The molecule has 0 bridgehead atoms. The van der Waals surface area contributed by atoms with Gasteiger partial charge in [-0.05, 0) is 48.9 Å². The minimum Gasteiger partial charge on any atom is -0.491 e. The first kappa shape index (κ1) is 18.4. The molecule has 2 aromatic heterocycles. The van der Waals surface area contributed by atoms with Crippen LogP contribution in [0.25, 0.3) is 16.2 Å². The minimum absolute atomic E-state index is 0.188. The van der Waals surface area contributed by atoms with Gasteiger partial charge in [-0.1, -0.05) is 23.5 Å². The Hall–Kier alpha value is -2.97. The predicted molar refractivity (Wildman–Crippen MR) is 107 cm³/mol. The number of halogens is 1. The number of aliphatic hydroxyl groups excluding tert-OH is 1. The molecule has 1 atom stereocenters. The Morgan fingerprint density at radius 2 is 2.07 bits per heavy atom. The summed E-state index contributed by atoms with van der Waals surface area (Å²) in [5, 5.41) is 18.3. The summed E-state index contributed by atoms with van der Waals surface area (Å²) in [4.78, 5) is 5.23. The number of aliphatic hydroxyl groups is 1. The third kappa shape index (κ3) is 4.29. The summed E-state index contributed by atoms with van der Waals surface area (Å²) in [5.74, 6) is 0.458. The molecule has 2 N–H and O–H groups in total. The van der Waals surface area contributed by atoms with Crippen molar-refractivity contribution in [3.05, 3.63) is 66.1 Å². The Morgan fingerprint density at radius 1 is 1.25 bits per heavy atom. The van der Waals surface area contributed by atoms with Crippen LogP contribution in [0.5, 0.6) is 5.75 Å². The summed E-state index contributed by atoms with van der Waals surface area (Å²) in [5.41, 5.74) is 2.67. The highest BCUT2D eigenvalue weighted by Crippen LogP contribution is 2.24. The van der Waals surface area contributed by atoms with Gasteiger partial charge in [0.2, 0.25) is 10.1 Å². The minimum atomic E-state index is -0.675. The van der Waals surface area contributed by atoms with Crippen molar-refractivity contribution in [1.82, 2.24) is 14.6 Å². The maximum Gasteiger partial charge on any atom is 0.214 e. The lowest BCUT2D eigenvalue weighted by Crippen LogP contribution is -2.26. The largest absolute Gasteiger partial charge is 0.491 e. The SMILES string of the molecule is Cc1cccc(OCC(O)CNc2nn3cc(-c4ccc(F)cc4)nc3s2)c1. The third-order valence-corrected chi connectivity index (χ3v) is 4.98. The molecule has 0 aliphatic rings. The Bertz CT molecular complexity index is 1050. The first-order valence-corrected chi connectivity index (χ1v) is 9.62. The van der Waals surface area contributed by atoms with E-state index >= 15 is 0 Å². The van der Waals surface area contributed by atoms with Crippen LogP contribution in [0.15, 0.2) is 54.7 Å². The molecule has 144 valence electrons. The van der Waals surface area contributed by atoms with Crippen molar-refractivity contribution >= 4 is 21.4 Å². The molecule has 2 aromatic carbocycles. The average molecular weight is 398 g/mol. The van der Waals surface area contributed by atoms with Gasteiger partial charge in [0.25, 0.3) is 0 Å². The number of aromatic nitrogens is 3. The van der Waals surface area contributed by atoms with E-state index in [-0.39, 0.29) is 12.4 Å². The van der Waals surface area contributed by atoms with Crippen molar-refractivity contribution in [2.24, 2.45) is 0 Å². The van der Waals surface area contributed by atoms with E-state index in [2.05, 4.69) is 15.4 Å². The van der Waals surface area contributed by atoms with Crippen LogP contribution in [0.3, 0.4) is 0 Å². The number of hydrogen-bond donors (Lipinski definition) is 2. The maximum absolute atomic E-state index is 13.0. The van der Waals surface area contributed by atoms with Crippen LogP contribution in [-0.4, -0.2) is 39.0 Å². The summed E-state index contributed by atoms with van der Waals surface area (Å²) in [7, 11) is 0. The van der Waals surface area contributed by atoms with Crippen molar-refractivity contribution in [2.45, 2.75) is 13.0 Å². The lowest BCUT2D eigenvalue weighted by molar-refractivity contribution is 0.117. The van der Waals surface area contributed by atoms with Crippen molar-refractivity contribution in [2.75, 3.05) is 18.5 Å². The molecule has 4 rings (SSSR count). The van der Waals surface area contributed by atoms with Crippen LogP contribution in [0.1, 0.15) is 5.56 Å². The van der Waals surface area contributed by atoms with Crippen molar-refractivity contribution in [1.29, 1.82) is 0 Å². The molecule has 1 unspecified atom stereocenters. The van der Waals surface area contributed by atoms with E-state index in [9.17, 15) is 9.50 Å². The number of ether oxygens (including phenoxy) is 1. The highest BCUT2D eigenvalue weighted by molar-refractivity contribution is 7.20. The monoisotopic (exact) mass is 398 g/mol. The van der Waals surface area contributed by atoms with Crippen molar-refractivity contribution in [3.63, 3.8) is 0 Å². The molecule has 2 heterocycles. The zero-order valence-electron chi connectivity index (χ0n) is 15.2. The van der Waals surface area contributed by atoms with Gasteiger partial charge >= 0.3 is 0 Å². The van der Waals surface area contributed by atoms with Gasteiger partial charge < -0.3 is 15.2 Å². The smallest absolute Gasteiger partial charge is 0.214 e. The van der Waals surface area contributed by atoms with Gasteiger partial charge in [0.15, 0.2) is 0 Å². The van der Waals surface area contributed by atoms with E-state index in [1.54, 1.807) is 22.8 Å². The molecule has 0 fully saturated rings. The Kier molecular flexibility index (Phi) is 5.23. The second-order valence-corrected chi connectivity index (χ2v) is 7.39. The van der Waals surface area contributed by atoms with Gasteiger partial charge in [0.05, 0.1) is 11.9 Å². The molecule has 0 radical (unpaired) electrons. The molecule has 0 saturated carbocycles. The number of nitrogens with one attached hydrogen (secondary N) is 1. The summed E-state index contributed by atoms with van der Waals surface area (Å²) in [6.45, 7) is 2.49. The van der Waals surface area contributed by atoms with Crippen molar-refractivity contribution in [3.8, 4) is 17.0 Å². The molecule has 6 nitrogen and oxygen atoms in total. The number of nitrogens with zero attached hydrogens (tertiary/aromatic N) is 3. The Balaban J connectivity index is 1.33. The molecule has 4 aromatic rings. The fraction of sp³-hybridized carbons (Fsp3) is 0.200. The number of anilines is 1. The van der Waals surface area contributed by atoms with E-state index < -0.39 is 6.10 Å². The summed E-state index contributed by atoms with van der Waals surface area (Å²) in [6.07, 6.45) is 1.12. The van der Waals surface area contributed by atoms with Crippen LogP contribution in [-0.2, 0) is 0 Å². The van der Waals surface area contributed by atoms with Gasteiger partial charge in [-0.25, -0.2) is 13.9 Å². The Morgan fingerprint density at radius 3 is 2.82 bits per heavy atom. The van der Waals surface area contributed by atoms with Gasteiger partial charge in [0.1, 0.15) is 24.3 Å². The number of imidazole rings is 1. The average Bonchev–Trinajstić information content (AvgIpc) is 3.24. The summed E-state index contributed by atoms with van der Waals surface area (Å²) < 4.78 is 20.3.